The first kappa shape index (κ1) is 12.8. The predicted molar refractivity (Wildman–Crippen MR) is 65.5 cm³/mol. The molecule has 1 unspecified atom stereocenters. The summed E-state index contributed by atoms with van der Waals surface area (Å²) >= 11 is 9.29. The third-order valence-electron chi connectivity index (χ3n) is 2.19. The van der Waals surface area contributed by atoms with Gasteiger partial charge in [0.2, 0.25) is 0 Å². The Morgan fingerprint density at radius 1 is 1.40 bits per heavy atom. The molecule has 84 valence electrons. The second-order valence-corrected chi connectivity index (χ2v) is 4.99. The van der Waals surface area contributed by atoms with E-state index in [0.717, 1.165) is 4.47 Å². The third kappa shape index (κ3) is 2.86. The predicted octanol–water partition coefficient (Wildman–Crippen LogP) is 3.80. The lowest BCUT2D eigenvalue weighted by Gasteiger charge is -2.19. The fourth-order valence-electron chi connectivity index (χ4n) is 1.37. The van der Waals surface area contributed by atoms with Crippen molar-refractivity contribution in [1.29, 1.82) is 0 Å². The van der Waals surface area contributed by atoms with Crippen LogP contribution in [0.4, 0.5) is 0 Å². The monoisotopic (exact) mass is 292 g/mol. The van der Waals surface area contributed by atoms with Crippen molar-refractivity contribution in [3.05, 3.63) is 27.2 Å². The minimum atomic E-state index is -0.574. The average Bonchev–Trinajstić information content (AvgIpc) is 2.15. The summed E-state index contributed by atoms with van der Waals surface area (Å²) in [6.45, 7) is 3.89. The van der Waals surface area contributed by atoms with E-state index in [1.165, 1.54) is 0 Å². The van der Waals surface area contributed by atoms with Gasteiger partial charge in [0.25, 0.3) is 0 Å². The van der Waals surface area contributed by atoms with Crippen LogP contribution in [0.15, 0.2) is 16.6 Å². The van der Waals surface area contributed by atoms with E-state index in [1.54, 1.807) is 19.2 Å². The Kier molecular flexibility index (Phi) is 4.44. The fourth-order valence-corrected chi connectivity index (χ4v) is 2.37. The maximum absolute atomic E-state index is 10.00. The first-order valence-electron chi connectivity index (χ1n) is 4.68. The molecule has 0 bridgehead atoms. The van der Waals surface area contributed by atoms with Crippen molar-refractivity contribution in [3.63, 3.8) is 0 Å². The zero-order valence-corrected chi connectivity index (χ0v) is 11.3. The van der Waals surface area contributed by atoms with E-state index in [4.69, 9.17) is 16.3 Å². The van der Waals surface area contributed by atoms with Gasteiger partial charge < -0.3 is 9.84 Å². The molecule has 0 fully saturated rings. The molecule has 0 saturated carbocycles. The minimum Gasteiger partial charge on any atom is -0.495 e. The first-order valence-corrected chi connectivity index (χ1v) is 5.85. The topological polar surface area (TPSA) is 29.5 Å². The van der Waals surface area contributed by atoms with E-state index in [-0.39, 0.29) is 5.92 Å². The SMILES string of the molecule is COc1c(Br)cc(Cl)cc1C(O)C(C)C. The van der Waals surface area contributed by atoms with Gasteiger partial charge in [0.15, 0.2) is 0 Å². The molecule has 0 saturated heterocycles. The lowest BCUT2D eigenvalue weighted by Crippen LogP contribution is -2.07. The summed E-state index contributed by atoms with van der Waals surface area (Å²) in [4.78, 5) is 0. The number of rotatable bonds is 3. The summed E-state index contributed by atoms with van der Waals surface area (Å²) in [7, 11) is 1.57. The Morgan fingerprint density at radius 3 is 2.47 bits per heavy atom. The number of aliphatic hydroxyl groups excluding tert-OH is 1. The maximum Gasteiger partial charge on any atom is 0.138 e. The Labute approximate surface area is 103 Å². The van der Waals surface area contributed by atoms with Gasteiger partial charge in [0.1, 0.15) is 5.75 Å². The molecular formula is C11H14BrClO2. The zero-order valence-electron chi connectivity index (χ0n) is 8.92. The molecule has 1 aromatic rings. The summed E-state index contributed by atoms with van der Waals surface area (Å²) in [5.74, 6) is 0.755. The number of ether oxygens (including phenoxy) is 1. The highest BCUT2D eigenvalue weighted by Gasteiger charge is 2.19. The Hall–Kier alpha value is -0.250. The summed E-state index contributed by atoms with van der Waals surface area (Å²) in [5, 5.41) is 10.6. The molecule has 1 atom stereocenters. The van der Waals surface area contributed by atoms with Gasteiger partial charge in [-0.1, -0.05) is 25.4 Å². The summed E-state index contributed by atoms with van der Waals surface area (Å²) in [5.41, 5.74) is 0.715. The molecule has 1 aromatic carbocycles. The van der Waals surface area contributed by atoms with Crippen molar-refractivity contribution in [3.8, 4) is 5.75 Å². The molecule has 0 aliphatic rings. The summed E-state index contributed by atoms with van der Waals surface area (Å²) in [6.07, 6.45) is -0.574. The first-order chi connectivity index (χ1) is 6.97. The molecule has 0 aromatic heterocycles. The van der Waals surface area contributed by atoms with Gasteiger partial charge in [-0.25, -0.2) is 0 Å². The molecule has 0 amide bonds. The van der Waals surface area contributed by atoms with Crippen LogP contribution in [0.1, 0.15) is 25.5 Å². The second kappa shape index (κ2) is 5.19. The number of methoxy groups -OCH3 is 1. The molecule has 0 radical (unpaired) electrons. The van der Waals surface area contributed by atoms with E-state index in [0.29, 0.717) is 16.3 Å². The van der Waals surface area contributed by atoms with Crippen LogP contribution in [-0.4, -0.2) is 12.2 Å². The van der Waals surface area contributed by atoms with Gasteiger partial charge in [-0.2, -0.15) is 0 Å². The smallest absolute Gasteiger partial charge is 0.138 e. The van der Waals surface area contributed by atoms with Crippen LogP contribution in [0.3, 0.4) is 0 Å². The van der Waals surface area contributed by atoms with Crippen molar-refractivity contribution >= 4 is 27.5 Å². The number of hydrogen-bond donors (Lipinski definition) is 1. The number of aliphatic hydroxyl groups is 1. The molecule has 1 N–H and O–H groups in total. The highest BCUT2D eigenvalue weighted by Crippen LogP contribution is 2.38. The largest absolute Gasteiger partial charge is 0.495 e. The van der Waals surface area contributed by atoms with Crippen molar-refractivity contribution in [1.82, 2.24) is 0 Å². The molecule has 2 nitrogen and oxygen atoms in total. The van der Waals surface area contributed by atoms with Gasteiger partial charge in [-0.3, -0.25) is 0 Å². The van der Waals surface area contributed by atoms with Gasteiger partial charge in [-0.05, 0) is 34.0 Å². The van der Waals surface area contributed by atoms with E-state index >= 15 is 0 Å². The van der Waals surface area contributed by atoms with Crippen molar-refractivity contribution in [2.45, 2.75) is 20.0 Å². The highest BCUT2D eigenvalue weighted by molar-refractivity contribution is 9.10. The third-order valence-corrected chi connectivity index (χ3v) is 3.00. The Morgan fingerprint density at radius 2 is 2.00 bits per heavy atom. The van der Waals surface area contributed by atoms with E-state index in [2.05, 4.69) is 15.9 Å². The van der Waals surface area contributed by atoms with Gasteiger partial charge in [0, 0.05) is 10.6 Å². The summed E-state index contributed by atoms with van der Waals surface area (Å²) < 4.78 is 5.99. The maximum atomic E-state index is 10.00. The van der Waals surface area contributed by atoms with Crippen molar-refractivity contribution in [2.75, 3.05) is 7.11 Å². The average molecular weight is 294 g/mol. The van der Waals surface area contributed by atoms with Crippen LogP contribution < -0.4 is 4.74 Å². The van der Waals surface area contributed by atoms with E-state index < -0.39 is 6.10 Å². The number of benzene rings is 1. The van der Waals surface area contributed by atoms with E-state index in [9.17, 15) is 5.11 Å². The van der Waals surface area contributed by atoms with Crippen LogP contribution in [0.5, 0.6) is 5.75 Å². The zero-order chi connectivity index (χ0) is 11.6. The molecule has 1 rings (SSSR count). The van der Waals surface area contributed by atoms with Crippen LogP contribution in [0.2, 0.25) is 5.02 Å². The fraction of sp³-hybridized carbons (Fsp3) is 0.455. The van der Waals surface area contributed by atoms with Gasteiger partial charge in [0.05, 0.1) is 17.7 Å². The quantitative estimate of drug-likeness (QED) is 0.918. The molecule has 0 aliphatic carbocycles. The lowest BCUT2D eigenvalue weighted by molar-refractivity contribution is 0.123. The Bertz CT molecular complexity index is 353. The summed E-state index contributed by atoms with van der Waals surface area (Å²) in [6, 6.07) is 3.48. The highest BCUT2D eigenvalue weighted by atomic mass is 79.9. The van der Waals surface area contributed by atoms with Crippen LogP contribution in [-0.2, 0) is 0 Å². The standard InChI is InChI=1S/C11H14BrClO2/c1-6(2)10(14)8-4-7(13)5-9(12)11(8)15-3/h4-6,10,14H,1-3H3. The molecule has 0 heterocycles. The second-order valence-electron chi connectivity index (χ2n) is 3.70. The van der Waals surface area contributed by atoms with E-state index in [1.807, 2.05) is 13.8 Å². The molecule has 0 aliphatic heterocycles. The van der Waals surface area contributed by atoms with Crippen LogP contribution >= 0.6 is 27.5 Å². The molecular weight excluding hydrogens is 279 g/mol. The van der Waals surface area contributed by atoms with Crippen molar-refractivity contribution in [2.24, 2.45) is 5.92 Å². The minimum absolute atomic E-state index is 0.115. The van der Waals surface area contributed by atoms with Gasteiger partial charge >= 0.3 is 0 Å². The van der Waals surface area contributed by atoms with Gasteiger partial charge in [-0.15, -0.1) is 0 Å². The normalized spacial score (nSPS) is 13.0. The van der Waals surface area contributed by atoms with Crippen LogP contribution in [0, 0.1) is 5.92 Å². The molecule has 15 heavy (non-hydrogen) atoms. The number of hydrogen-bond acceptors (Lipinski definition) is 2. The molecule has 4 heteroatoms. The van der Waals surface area contributed by atoms with Crippen LogP contribution in [0.25, 0.3) is 0 Å². The number of halogens is 2. The van der Waals surface area contributed by atoms with Crippen molar-refractivity contribution < 1.29 is 9.84 Å². The molecule has 0 spiro atoms. The lowest BCUT2D eigenvalue weighted by atomic mass is 9.98. The Balaban J connectivity index is 3.26.